The summed E-state index contributed by atoms with van der Waals surface area (Å²) < 4.78 is 14.4. The summed E-state index contributed by atoms with van der Waals surface area (Å²) in [5.74, 6) is 0. The van der Waals surface area contributed by atoms with E-state index >= 15 is 0 Å². The average Bonchev–Trinajstić information content (AvgIpc) is 1.63. The van der Waals surface area contributed by atoms with Crippen LogP contribution in [-0.4, -0.2) is 22.2 Å². The van der Waals surface area contributed by atoms with Crippen molar-refractivity contribution in [1.29, 1.82) is 0 Å². The molecule has 0 aromatic carbocycles. The lowest BCUT2D eigenvalue weighted by Crippen LogP contribution is -2.25. The van der Waals surface area contributed by atoms with E-state index in [9.17, 15) is 4.57 Å². The second-order valence-electron chi connectivity index (χ2n) is 2.25. The molecule has 0 bridgehead atoms. The molecule has 1 atom stereocenters. The second kappa shape index (κ2) is 3.22. The minimum atomic E-state index is -2.60. The lowest BCUT2D eigenvalue weighted by molar-refractivity contribution is 0.0387. The molecule has 2 N–H and O–H groups in total. The van der Waals surface area contributed by atoms with Crippen molar-refractivity contribution in [2.24, 2.45) is 0 Å². The lowest BCUT2D eigenvalue weighted by Gasteiger charge is -2.10. The maximum absolute atomic E-state index is 9.99. The zero-order valence-corrected chi connectivity index (χ0v) is 6.26. The van der Waals surface area contributed by atoms with Gasteiger partial charge >= 0.3 is 8.25 Å². The quantitative estimate of drug-likeness (QED) is 0.576. The number of aliphatic hydroxyl groups is 1. The predicted octanol–water partition coefficient (Wildman–Crippen LogP) is 0.424. The molecular weight excluding hydrogens is 143 g/mol. The first-order valence-electron chi connectivity index (χ1n) is 2.44. The Morgan fingerprint density at radius 2 is 2.11 bits per heavy atom. The van der Waals surface area contributed by atoms with Gasteiger partial charge in [0.1, 0.15) is 5.60 Å². The van der Waals surface area contributed by atoms with E-state index in [2.05, 4.69) is 4.52 Å². The smallest absolute Gasteiger partial charge is 0.393 e. The molecule has 0 aliphatic rings. The van der Waals surface area contributed by atoms with Crippen LogP contribution in [0.25, 0.3) is 0 Å². The molecule has 1 unspecified atom stereocenters. The third-order valence-electron chi connectivity index (χ3n) is 0.706. The highest BCUT2D eigenvalue weighted by Crippen LogP contribution is 2.24. The van der Waals surface area contributed by atoms with E-state index < -0.39 is 13.9 Å². The first-order chi connectivity index (χ1) is 3.98. The van der Waals surface area contributed by atoms with E-state index in [0.717, 1.165) is 0 Å². The van der Waals surface area contributed by atoms with Crippen LogP contribution in [0.1, 0.15) is 13.8 Å². The van der Waals surface area contributed by atoms with Crippen LogP contribution in [0.15, 0.2) is 0 Å². The van der Waals surface area contributed by atoms with E-state index in [4.69, 9.17) is 10.00 Å². The van der Waals surface area contributed by atoms with Crippen molar-refractivity contribution in [3.63, 3.8) is 0 Å². The molecule has 0 aromatic heterocycles. The Morgan fingerprint density at radius 3 is 2.22 bits per heavy atom. The molecule has 0 spiro atoms. The number of hydrogen-bond donors (Lipinski definition) is 2. The van der Waals surface area contributed by atoms with Gasteiger partial charge in [0.15, 0.2) is 0 Å². The Hall–Kier alpha value is -0.0200. The van der Waals surface area contributed by atoms with Gasteiger partial charge in [-0.3, -0.25) is 0 Å². The molecule has 5 heteroatoms. The fourth-order valence-corrected chi connectivity index (χ4v) is 0.721. The van der Waals surface area contributed by atoms with Gasteiger partial charge < -0.3 is 5.11 Å². The average molecular weight is 153 g/mol. The maximum atomic E-state index is 9.99. The summed E-state index contributed by atoms with van der Waals surface area (Å²) in [5, 5.41) is 8.48. The van der Waals surface area contributed by atoms with Crippen LogP contribution in [0, 0.1) is 0 Å². The third-order valence-corrected chi connectivity index (χ3v) is 1.36. The van der Waals surface area contributed by atoms with Gasteiger partial charge in [-0.15, -0.1) is 9.42 Å². The molecule has 0 rings (SSSR count). The first-order valence-corrected chi connectivity index (χ1v) is 3.57. The zero-order chi connectivity index (χ0) is 7.49. The van der Waals surface area contributed by atoms with Crippen molar-refractivity contribution in [2.75, 3.05) is 6.61 Å². The van der Waals surface area contributed by atoms with Crippen molar-refractivity contribution in [2.45, 2.75) is 19.4 Å². The summed E-state index contributed by atoms with van der Waals surface area (Å²) in [6, 6.07) is 0. The normalized spacial score (nSPS) is 13.6. The van der Waals surface area contributed by atoms with Gasteiger partial charge in [0, 0.05) is 4.57 Å². The predicted molar refractivity (Wildman–Crippen MR) is 32.1 cm³/mol. The molecule has 0 fully saturated rings. The van der Waals surface area contributed by atoms with Crippen molar-refractivity contribution >= 4 is 8.25 Å². The van der Waals surface area contributed by atoms with Crippen molar-refractivity contribution < 1.29 is 19.1 Å². The number of aliphatic hydroxyl groups excluding tert-OH is 1. The van der Waals surface area contributed by atoms with Gasteiger partial charge in [-0.2, -0.15) is 0 Å². The molecule has 0 saturated heterocycles. The Balaban J connectivity index is 3.71. The number of hydrogen-bond acceptors (Lipinski definition) is 3. The molecule has 9 heavy (non-hydrogen) atoms. The van der Waals surface area contributed by atoms with Crippen LogP contribution < -0.4 is 0 Å². The molecule has 0 aromatic rings. The standard InChI is InChI=1S/C4H9O4P/c1-4(2,3-5)8-9(6)7/h5H,3H2,1-2H3/p+1. The van der Waals surface area contributed by atoms with Gasteiger partial charge in [0.2, 0.25) is 0 Å². The fourth-order valence-electron chi connectivity index (χ4n) is 0.240. The maximum Gasteiger partial charge on any atom is 0.695 e. The molecule has 0 aliphatic carbocycles. The van der Waals surface area contributed by atoms with Crippen LogP contribution in [0.5, 0.6) is 0 Å². The second-order valence-corrected chi connectivity index (χ2v) is 2.91. The van der Waals surface area contributed by atoms with E-state index in [-0.39, 0.29) is 6.61 Å². The van der Waals surface area contributed by atoms with E-state index in [1.165, 1.54) is 13.8 Å². The third kappa shape index (κ3) is 4.48. The van der Waals surface area contributed by atoms with Gasteiger partial charge in [-0.25, -0.2) is 0 Å². The molecule has 0 radical (unpaired) electrons. The van der Waals surface area contributed by atoms with Crippen LogP contribution >= 0.6 is 8.25 Å². The molecule has 0 heterocycles. The van der Waals surface area contributed by atoms with E-state index in [1.54, 1.807) is 0 Å². The molecule has 0 saturated carbocycles. The molecular formula is C4H10O4P+. The molecule has 4 nitrogen and oxygen atoms in total. The highest BCUT2D eigenvalue weighted by Gasteiger charge is 2.29. The summed E-state index contributed by atoms with van der Waals surface area (Å²) in [6.45, 7) is 2.78. The molecule has 0 amide bonds. The Morgan fingerprint density at radius 1 is 1.67 bits per heavy atom. The minimum absolute atomic E-state index is 0.269. The van der Waals surface area contributed by atoms with Crippen molar-refractivity contribution in [3.8, 4) is 0 Å². The summed E-state index contributed by atoms with van der Waals surface area (Å²) in [4.78, 5) is 8.20. The summed E-state index contributed by atoms with van der Waals surface area (Å²) in [6.07, 6.45) is 0. The van der Waals surface area contributed by atoms with Gasteiger partial charge in [0.25, 0.3) is 0 Å². The van der Waals surface area contributed by atoms with Crippen LogP contribution in [0.2, 0.25) is 0 Å². The molecule has 0 aliphatic heterocycles. The van der Waals surface area contributed by atoms with Gasteiger partial charge in [-0.05, 0) is 13.8 Å². The van der Waals surface area contributed by atoms with E-state index in [1.807, 2.05) is 0 Å². The minimum Gasteiger partial charge on any atom is -0.393 e. The monoisotopic (exact) mass is 153 g/mol. The van der Waals surface area contributed by atoms with E-state index in [0.29, 0.717) is 0 Å². The number of rotatable bonds is 3. The van der Waals surface area contributed by atoms with Crippen LogP contribution in [-0.2, 0) is 9.09 Å². The molecule has 54 valence electrons. The first kappa shape index (κ1) is 8.98. The zero-order valence-electron chi connectivity index (χ0n) is 5.37. The Kier molecular flexibility index (Phi) is 3.22. The van der Waals surface area contributed by atoms with Crippen molar-refractivity contribution in [3.05, 3.63) is 0 Å². The highest BCUT2D eigenvalue weighted by atomic mass is 31.1. The lowest BCUT2D eigenvalue weighted by atomic mass is 10.2. The van der Waals surface area contributed by atoms with Gasteiger partial charge in [0.05, 0.1) is 6.61 Å². The summed E-state index contributed by atoms with van der Waals surface area (Å²) >= 11 is 0. The fraction of sp³-hybridized carbons (Fsp3) is 1.00. The summed E-state index contributed by atoms with van der Waals surface area (Å²) in [5.41, 5.74) is -0.914. The summed E-state index contributed by atoms with van der Waals surface area (Å²) in [7, 11) is -2.60. The SMILES string of the molecule is CC(C)(CO)O[P+](=O)O. The largest absolute Gasteiger partial charge is 0.695 e. The van der Waals surface area contributed by atoms with Crippen LogP contribution in [0.4, 0.5) is 0 Å². The highest BCUT2D eigenvalue weighted by molar-refractivity contribution is 7.32. The van der Waals surface area contributed by atoms with Gasteiger partial charge in [-0.1, -0.05) is 0 Å². The van der Waals surface area contributed by atoms with Crippen LogP contribution in [0.3, 0.4) is 0 Å². The Bertz CT molecular complexity index is 111. The van der Waals surface area contributed by atoms with Crippen molar-refractivity contribution in [1.82, 2.24) is 0 Å². The Labute approximate surface area is 54.4 Å². The topological polar surface area (TPSA) is 66.8 Å².